The van der Waals surface area contributed by atoms with Gasteiger partial charge >= 0.3 is 6.03 Å². The minimum Gasteiger partial charge on any atom is -0.335 e. The fraction of sp³-hybridized carbons (Fsp3) is 0.350. The number of carbonyl (C=O) groups is 1. The van der Waals surface area contributed by atoms with E-state index in [2.05, 4.69) is 27.7 Å². The molecule has 2 aromatic carbocycles. The van der Waals surface area contributed by atoms with Gasteiger partial charge in [-0.15, -0.1) is 0 Å². The summed E-state index contributed by atoms with van der Waals surface area (Å²) in [6.07, 6.45) is 1.86. The molecule has 2 N–H and O–H groups in total. The van der Waals surface area contributed by atoms with Crippen molar-refractivity contribution in [2.75, 3.05) is 13.1 Å². The topological polar surface area (TPSA) is 44.4 Å². The number of hydrogen-bond donors (Lipinski definition) is 2. The zero-order chi connectivity index (χ0) is 18.4. The molecule has 0 bridgehead atoms. The Hall–Kier alpha value is -2.11. The molecule has 2 amide bonds. The summed E-state index contributed by atoms with van der Waals surface area (Å²) in [4.78, 5) is 14.4. The standard InChI is InChI=1S/C20H23ClFN3O/c21-17-5-1-16(2-6-17)14-25-11-9-19(10-12-25)24-20(26)23-13-15-3-7-18(22)8-4-15/h1-8,19H,9-14H2,(H2,23,24,26). The third kappa shape index (κ3) is 5.71. The van der Waals surface area contributed by atoms with E-state index >= 15 is 0 Å². The predicted molar refractivity (Wildman–Crippen MR) is 102 cm³/mol. The van der Waals surface area contributed by atoms with Crippen LogP contribution in [0.2, 0.25) is 5.02 Å². The lowest BCUT2D eigenvalue weighted by Gasteiger charge is -2.32. The van der Waals surface area contributed by atoms with Gasteiger partial charge in [0.05, 0.1) is 0 Å². The van der Waals surface area contributed by atoms with Crippen LogP contribution in [-0.4, -0.2) is 30.1 Å². The number of nitrogens with one attached hydrogen (secondary N) is 2. The highest BCUT2D eigenvalue weighted by Gasteiger charge is 2.20. The average molecular weight is 376 g/mol. The monoisotopic (exact) mass is 375 g/mol. The first kappa shape index (κ1) is 18.7. The van der Waals surface area contributed by atoms with Crippen molar-refractivity contribution in [1.82, 2.24) is 15.5 Å². The number of halogens is 2. The maximum Gasteiger partial charge on any atom is 0.315 e. The number of amides is 2. The van der Waals surface area contributed by atoms with E-state index in [9.17, 15) is 9.18 Å². The van der Waals surface area contributed by atoms with Crippen LogP contribution in [0.15, 0.2) is 48.5 Å². The van der Waals surface area contributed by atoms with Crippen LogP contribution in [0.5, 0.6) is 0 Å². The predicted octanol–water partition coefficient (Wildman–Crippen LogP) is 3.94. The first-order chi connectivity index (χ1) is 12.6. The maximum absolute atomic E-state index is 12.9. The molecular formula is C20H23ClFN3O. The Morgan fingerprint density at radius 1 is 1.04 bits per heavy atom. The Labute approximate surface area is 158 Å². The lowest BCUT2D eigenvalue weighted by atomic mass is 10.0. The van der Waals surface area contributed by atoms with E-state index in [1.807, 2.05) is 12.1 Å². The Balaban J connectivity index is 1.37. The van der Waals surface area contributed by atoms with Gasteiger partial charge in [0.2, 0.25) is 0 Å². The molecule has 138 valence electrons. The number of benzene rings is 2. The largest absolute Gasteiger partial charge is 0.335 e. The van der Waals surface area contributed by atoms with Gasteiger partial charge in [-0.3, -0.25) is 4.90 Å². The molecule has 0 saturated carbocycles. The lowest BCUT2D eigenvalue weighted by molar-refractivity contribution is 0.186. The van der Waals surface area contributed by atoms with E-state index in [1.54, 1.807) is 12.1 Å². The summed E-state index contributed by atoms with van der Waals surface area (Å²) in [6, 6.07) is 14.1. The van der Waals surface area contributed by atoms with Gasteiger partial charge in [0.1, 0.15) is 5.82 Å². The zero-order valence-electron chi connectivity index (χ0n) is 14.6. The maximum atomic E-state index is 12.9. The molecule has 1 fully saturated rings. The van der Waals surface area contributed by atoms with Crippen molar-refractivity contribution < 1.29 is 9.18 Å². The first-order valence-electron chi connectivity index (χ1n) is 8.84. The van der Waals surface area contributed by atoms with Crippen molar-refractivity contribution in [2.45, 2.75) is 32.0 Å². The SMILES string of the molecule is O=C(NCc1ccc(F)cc1)NC1CCN(Cc2ccc(Cl)cc2)CC1. The molecule has 0 aromatic heterocycles. The van der Waals surface area contributed by atoms with Crippen LogP contribution in [0.1, 0.15) is 24.0 Å². The second kappa shape index (κ2) is 9.01. The number of nitrogens with zero attached hydrogens (tertiary/aromatic N) is 1. The molecule has 3 rings (SSSR count). The summed E-state index contributed by atoms with van der Waals surface area (Å²) in [5.41, 5.74) is 2.12. The van der Waals surface area contributed by atoms with Gasteiger partial charge in [-0.25, -0.2) is 9.18 Å². The number of rotatable bonds is 5. The van der Waals surface area contributed by atoms with Gasteiger partial charge in [-0.2, -0.15) is 0 Å². The number of hydrogen-bond acceptors (Lipinski definition) is 2. The molecule has 0 radical (unpaired) electrons. The highest BCUT2D eigenvalue weighted by Crippen LogP contribution is 2.16. The summed E-state index contributed by atoms with van der Waals surface area (Å²) in [6.45, 7) is 3.19. The van der Waals surface area contributed by atoms with E-state index in [1.165, 1.54) is 17.7 Å². The zero-order valence-corrected chi connectivity index (χ0v) is 15.3. The molecule has 1 aliphatic rings. The van der Waals surface area contributed by atoms with Gasteiger partial charge in [0, 0.05) is 37.2 Å². The van der Waals surface area contributed by atoms with Crippen LogP contribution >= 0.6 is 11.6 Å². The van der Waals surface area contributed by atoms with Crippen molar-refractivity contribution >= 4 is 17.6 Å². The quantitative estimate of drug-likeness (QED) is 0.831. The van der Waals surface area contributed by atoms with E-state index in [-0.39, 0.29) is 17.9 Å². The Bertz CT molecular complexity index is 713. The lowest BCUT2D eigenvalue weighted by Crippen LogP contribution is -2.47. The van der Waals surface area contributed by atoms with Crippen LogP contribution in [0.4, 0.5) is 9.18 Å². The van der Waals surface area contributed by atoms with Crippen molar-refractivity contribution in [2.24, 2.45) is 0 Å². The third-order valence-corrected chi connectivity index (χ3v) is 4.86. The number of piperidine rings is 1. The number of urea groups is 1. The summed E-state index contributed by atoms with van der Waals surface area (Å²) in [5.74, 6) is -0.274. The van der Waals surface area contributed by atoms with Crippen molar-refractivity contribution in [3.8, 4) is 0 Å². The van der Waals surface area contributed by atoms with E-state index in [4.69, 9.17) is 11.6 Å². The minimum atomic E-state index is -0.274. The molecule has 0 atom stereocenters. The highest BCUT2D eigenvalue weighted by atomic mass is 35.5. The molecule has 1 aliphatic heterocycles. The van der Waals surface area contributed by atoms with E-state index in [0.717, 1.165) is 43.1 Å². The summed E-state index contributed by atoms with van der Waals surface area (Å²) in [5, 5.41) is 6.60. The summed E-state index contributed by atoms with van der Waals surface area (Å²) in [7, 11) is 0. The Morgan fingerprint density at radius 3 is 2.31 bits per heavy atom. The van der Waals surface area contributed by atoms with Crippen LogP contribution < -0.4 is 10.6 Å². The van der Waals surface area contributed by atoms with Crippen molar-refractivity contribution in [3.63, 3.8) is 0 Å². The third-order valence-electron chi connectivity index (χ3n) is 4.61. The van der Waals surface area contributed by atoms with Crippen molar-refractivity contribution in [3.05, 3.63) is 70.5 Å². The molecule has 4 nitrogen and oxygen atoms in total. The minimum absolute atomic E-state index is 0.175. The Kier molecular flexibility index (Phi) is 6.47. The van der Waals surface area contributed by atoms with Gasteiger partial charge < -0.3 is 10.6 Å². The smallest absolute Gasteiger partial charge is 0.315 e. The fourth-order valence-corrected chi connectivity index (χ4v) is 3.23. The van der Waals surface area contributed by atoms with Gasteiger partial charge in [-0.05, 0) is 48.2 Å². The summed E-state index contributed by atoms with van der Waals surface area (Å²) < 4.78 is 12.9. The molecular weight excluding hydrogens is 353 g/mol. The second-order valence-corrected chi connectivity index (χ2v) is 7.07. The molecule has 6 heteroatoms. The van der Waals surface area contributed by atoms with Crippen LogP contribution in [0, 0.1) is 5.82 Å². The molecule has 0 unspecified atom stereocenters. The molecule has 0 aliphatic carbocycles. The molecule has 26 heavy (non-hydrogen) atoms. The van der Waals surface area contributed by atoms with Gasteiger partial charge in [0.15, 0.2) is 0 Å². The van der Waals surface area contributed by atoms with E-state index < -0.39 is 0 Å². The summed E-state index contributed by atoms with van der Waals surface area (Å²) >= 11 is 5.92. The normalized spacial score (nSPS) is 15.6. The molecule has 1 saturated heterocycles. The number of carbonyl (C=O) groups excluding carboxylic acids is 1. The fourth-order valence-electron chi connectivity index (χ4n) is 3.10. The molecule has 1 heterocycles. The highest BCUT2D eigenvalue weighted by molar-refractivity contribution is 6.30. The van der Waals surface area contributed by atoms with Crippen LogP contribution in [-0.2, 0) is 13.1 Å². The van der Waals surface area contributed by atoms with Gasteiger partial charge in [0.25, 0.3) is 0 Å². The van der Waals surface area contributed by atoms with Crippen LogP contribution in [0.3, 0.4) is 0 Å². The molecule has 2 aromatic rings. The van der Waals surface area contributed by atoms with E-state index in [0.29, 0.717) is 6.54 Å². The molecule has 0 spiro atoms. The van der Waals surface area contributed by atoms with Crippen LogP contribution in [0.25, 0.3) is 0 Å². The average Bonchev–Trinajstić information content (AvgIpc) is 2.65. The first-order valence-corrected chi connectivity index (χ1v) is 9.22. The number of likely N-dealkylation sites (tertiary alicyclic amines) is 1. The Morgan fingerprint density at radius 2 is 1.65 bits per heavy atom. The van der Waals surface area contributed by atoms with Crippen molar-refractivity contribution in [1.29, 1.82) is 0 Å². The van der Waals surface area contributed by atoms with Gasteiger partial charge in [-0.1, -0.05) is 35.9 Å². The second-order valence-electron chi connectivity index (χ2n) is 6.63.